The van der Waals surface area contributed by atoms with Crippen molar-refractivity contribution in [2.75, 3.05) is 18.8 Å². The van der Waals surface area contributed by atoms with Gasteiger partial charge in [0.25, 0.3) is 0 Å². The van der Waals surface area contributed by atoms with Gasteiger partial charge in [-0.3, -0.25) is 9.88 Å². The average Bonchev–Trinajstić information content (AvgIpc) is 2.54. The molecule has 0 aliphatic carbocycles. The van der Waals surface area contributed by atoms with Crippen LogP contribution in [-0.4, -0.2) is 23.0 Å². The molecule has 1 aliphatic heterocycles. The van der Waals surface area contributed by atoms with Crippen LogP contribution in [0.25, 0.3) is 0 Å². The zero-order valence-corrected chi connectivity index (χ0v) is 10.7. The van der Waals surface area contributed by atoms with Crippen LogP contribution in [-0.2, 0) is 6.54 Å². The number of rotatable bonds is 3. The standard InChI is InChI=1S/C14H23N3/c1-2-12-4-3-8-17(9-6-12)11-14-10-13(15)5-7-16-14/h5,7,10,12H,2-4,6,8-9,11H2,1H3,(H2,15,16). The third kappa shape index (κ3) is 3.70. The van der Waals surface area contributed by atoms with Crippen LogP contribution >= 0.6 is 0 Å². The van der Waals surface area contributed by atoms with Crippen LogP contribution in [0.3, 0.4) is 0 Å². The molecule has 0 aromatic carbocycles. The van der Waals surface area contributed by atoms with Crippen LogP contribution in [0, 0.1) is 5.92 Å². The summed E-state index contributed by atoms with van der Waals surface area (Å²) in [6.07, 6.45) is 7.17. The molecule has 1 unspecified atom stereocenters. The first kappa shape index (κ1) is 12.4. The minimum atomic E-state index is 0.816. The second kappa shape index (κ2) is 6.01. The molecule has 0 amide bonds. The predicted octanol–water partition coefficient (Wildman–Crippen LogP) is 2.68. The maximum Gasteiger partial charge on any atom is 0.0564 e. The summed E-state index contributed by atoms with van der Waals surface area (Å²) in [5.41, 5.74) is 7.69. The lowest BCUT2D eigenvalue weighted by Gasteiger charge is -2.19. The molecule has 1 atom stereocenters. The fourth-order valence-electron chi connectivity index (χ4n) is 2.60. The molecule has 0 radical (unpaired) electrons. The molecule has 2 rings (SSSR count). The van der Waals surface area contributed by atoms with Crippen LogP contribution in [0.15, 0.2) is 18.3 Å². The van der Waals surface area contributed by atoms with E-state index in [4.69, 9.17) is 5.73 Å². The van der Waals surface area contributed by atoms with Crippen LogP contribution in [0.2, 0.25) is 0 Å². The Bertz CT molecular complexity index is 351. The van der Waals surface area contributed by atoms with Crippen molar-refractivity contribution in [3.05, 3.63) is 24.0 Å². The van der Waals surface area contributed by atoms with Gasteiger partial charge in [-0.15, -0.1) is 0 Å². The molecular formula is C14H23N3. The number of nitrogens with zero attached hydrogens (tertiary/aromatic N) is 2. The number of anilines is 1. The number of pyridine rings is 1. The lowest BCUT2D eigenvalue weighted by Crippen LogP contribution is -2.24. The first-order chi connectivity index (χ1) is 8.28. The molecule has 0 saturated carbocycles. The monoisotopic (exact) mass is 233 g/mol. The summed E-state index contributed by atoms with van der Waals surface area (Å²) in [5.74, 6) is 0.925. The van der Waals surface area contributed by atoms with Gasteiger partial charge in [0.2, 0.25) is 0 Å². The summed E-state index contributed by atoms with van der Waals surface area (Å²) in [5, 5.41) is 0. The summed E-state index contributed by atoms with van der Waals surface area (Å²) < 4.78 is 0. The first-order valence-electron chi connectivity index (χ1n) is 6.70. The van der Waals surface area contributed by atoms with Gasteiger partial charge in [-0.05, 0) is 50.4 Å². The number of hydrogen-bond acceptors (Lipinski definition) is 3. The summed E-state index contributed by atoms with van der Waals surface area (Å²) in [7, 11) is 0. The second-order valence-electron chi connectivity index (χ2n) is 5.06. The highest BCUT2D eigenvalue weighted by molar-refractivity contribution is 5.37. The van der Waals surface area contributed by atoms with Crippen molar-refractivity contribution < 1.29 is 0 Å². The Hall–Kier alpha value is -1.09. The summed E-state index contributed by atoms with van der Waals surface area (Å²) in [4.78, 5) is 6.89. The fourth-order valence-corrected chi connectivity index (χ4v) is 2.60. The molecule has 2 heterocycles. The van der Waals surface area contributed by atoms with E-state index in [1.54, 1.807) is 6.20 Å². The van der Waals surface area contributed by atoms with E-state index in [-0.39, 0.29) is 0 Å². The average molecular weight is 233 g/mol. The quantitative estimate of drug-likeness (QED) is 0.872. The SMILES string of the molecule is CCC1CCCN(Cc2cc(N)ccn2)CC1. The van der Waals surface area contributed by atoms with Gasteiger partial charge in [-0.1, -0.05) is 13.3 Å². The molecule has 0 spiro atoms. The van der Waals surface area contributed by atoms with Crippen molar-refractivity contribution in [1.29, 1.82) is 0 Å². The second-order valence-corrected chi connectivity index (χ2v) is 5.06. The maximum atomic E-state index is 5.78. The molecule has 1 aromatic heterocycles. The molecular weight excluding hydrogens is 210 g/mol. The van der Waals surface area contributed by atoms with E-state index < -0.39 is 0 Å². The molecule has 94 valence electrons. The van der Waals surface area contributed by atoms with E-state index in [0.717, 1.165) is 23.8 Å². The Kier molecular flexibility index (Phi) is 4.37. The summed E-state index contributed by atoms with van der Waals surface area (Å²) in [6.45, 7) is 5.66. The van der Waals surface area contributed by atoms with Crippen LogP contribution in [0.1, 0.15) is 38.3 Å². The Morgan fingerprint density at radius 2 is 2.29 bits per heavy atom. The van der Waals surface area contributed by atoms with E-state index in [1.807, 2.05) is 12.1 Å². The molecule has 0 bridgehead atoms. The minimum absolute atomic E-state index is 0.816. The minimum Gasteiger partial charge on any atom is -0.399 e. The third-order valence-electron chi connectivity index (χ3n) is 3.74. The highest BCUT2D eigenvalue weighted by Crippen LogP contribution is 2.21. The van der Waals surface area contributed by atoms with Crippen LogP contribution < -0.4 is 5.73 Å². The van der Waals surface area contributed by atoms with Gasteiger partial charge in [-0.2, -0.15) is 0 Å². The number of nitrogens with two attached hydrogens (primary N) is 1. The zero-order valence-electron chi connectivity index (χ0n) is 10.7. The predicted molar refractivity (Wildman–Crippen MR) is 71.6 cm³/mol. The van der Waals surface area contributed by atoms with Gasteiger partial charge in [0.15, 0.2) is 0 Å². The molecule has 3 heteroatoms. The van der Waals surface area contributed by atoms with E-state index in [1.165, 1.54) is 38.8 Å². The van der Waals surface area contributed by atoms with E-state index >= 15 is 0 Å². The summed E-state index contributed by atoms with van der Waals surface area (Å²) in [6, 6.07) is 3.83. The van der Waals surface area contributed by atoms with E-state index in [9.17, 15) is 0 Å². The largest absolute Gasteiger partial charge is 0.399 e. The number of likely N-dealkylation sites (tertiary alicyclic amines) is 1. The van der Waals surface area contributed by atoms with Crippen molar-refractivity contribution in [3.8, 4) is 0 Å². The fraction of sp³-hybridized carbons (Fsp3) is 0.643. The number of hydrogen-bond donors (Lipinski definition) is 1. The highest BCUT2D eigenvalue weighted by Gasteiger charge is 2.15. The van der Waals surface area contributed by atoms with Gasteiger partial charge in [-0.25, -0.2) is 0 Å². The van der Waals surface area contributed by atoms with Crippen molar-refractivity contribution in [2.24, 2.45) is 5.92 Å². The number of aromatic nitrogens is 1. The van der Waals surface area contributed by atoms with Gasteiger partial charge < -0.3 is 5.73 Å². The Labute approximate surface area is 104 Å². The third-order valence-corrected chi connectivity index (χ3v) is 3.74. The lowest BCUT2D eigenvalue weighted by atomic mass is 9.98. The van der Waals surface area contributed by atoms with E-state index in [0.29, 0.717) is 0 Å². The first-order valence-corrected chi connectivity index (χ1v) is 6.70. The molecule has 1 aliphatic rings. The number of nitrogen functional groups attached to an aromatic ring is 1. The topological polar surface area (TPSA) is 42.1 Å². The molecule has 3 nitrogen and oxygen atoms in total. The Balaban J connectivity index is 1.90. The van der Waals surface area contributed by atoms with E-state index in [2.05, 4.69) is 16.8 Å². The van der Waals surface area contributed by atoms with Gasteiger partial charge in [0, 0.05) is 18.4 Å². The zero-order chi connectivity index (χ0) is 12.1. The molecule has 1 aromatic rings. The normalized spacial score (nSPS) is 22.3. The van der Waals surface area contributed by atoms with Gasteiger partial charge in [0.05, 0.1) is 5.69 Å². The van der Waals surface area contributed by atoms with Crippen LogP contribution in [0.4, 0.5) is 5.69 Å². The molecule has 17 heavy (non-hydrogen) atoms. The van der Waals surface area contributed by atoms with Crippen LogP contribution in [0.5, 0.6) is 0 Å². The Morgan fingerprint density at radius 1 is 1.41 bits per heavy atom. The molecule has 1 saturated heterocycles. The lowest BCUT2D eigenvalue weighted by molar-refractivity contribution is 0.269. The van der Waals surface area contributed by atoms with Crippen molar-refractivity contribution in [3.63, 3.8) is 0 Å². The maximum absolute atomic E-state index is 5.78. The van der Waals surface area contributed by atoms with Crippen molar-refractivity contribution in [1.82, 2.24) is 9.88 Å². The van der Waals surface area contributed by atoms with Gasteiger partial charge >= 0.3 is 0 Å². The van der Waals surface area contributed by atoms with Crippen molar-refractivity contribution >= 4 is 5.69 Å². The highest BCUT2D eigenvalue weighted by atomic mass is 15.1. The molecule has 2 N–H and O–H groups in total. The molecule has 1 fully saturated rings. The van der Waals surface area contributed by atoms with Gasteiger partial charge in [0.1, 0.15) is 0 Å². The summed E-state index contributed by atoms with van der Waals surface area (Å²) >= 11 is 0. The smallest absolute Gasteiger partial charge is 0.0564 e. The van der Waals surface area contributed by atoms with Crippen molar-refractivity contribution in [2.45, 2.75) is 39.2 Å². The Morgan fingerprint density at radius 3 is 3.06 bits per heavy atom.